The number of nitriles is 1. The zero-order valence-electron chi connectivity index (χ0n) is 14.4. The quantitative estimate of drug-likeness (QED) is 0.323. The molecule has 0 bridgehead atoms. The van der Waals surface area contributed by atoms with E-state index in [0.717, 1.165) is 22.2 Å². The molecule has 27 heavy (non-hydrogen) atoms. The minimum Gasteiger partial charge on any atom is -0.482 e. The summed E-state index contributed by atoms with van der Waals surface area (Å²) < 4.78 is 10.1. The predicted octanol–water partition coefficient (Wildman–Crippen LogP) is 2.94. The molecular weight excluding hydrogens is 368 g/mol. The van der Waals surface area contributed by atoms with Crippen molar-refractivity contribution >= 4 is 35.6 Å². The van der Waals surface area contributed by atoms with Crippen LogP contribution in [0.1, 0.15) is 15.9 Å². The molecule has 0 spiro atoms. The van der Waals surface area contributed by atoms with Crippen LogP contribution >= 0.6 is 11.8 Å². The van der Waals surface area contributed by atoms with Crippen LogP contribution in [-0.4, -0.2) is 31.4 Å². The van der Waals surface area contributed by atoms with E-state index in [1.54, 1.807) is 49.4 Å². The second-order valence-electron chi connectivity index (χ2n) is 5.35. The van der Waals surface area contributed by atoms with Gasteiger partial charge in [0.15, 0.2) is 13.2 Å². The molecule has 2 rings (SSSR count). The summed E-state index contributed by atoms with van der Waals surface area (Å²) >= 11 is 1.03. The van der Waals surface area contributed by atoms with Crippen LogP contribution in [0.3, 0.4) is 0 Å². The van der Waals surface area contributed by atoms with Crippen LogP contribution in [0.25, 0.3) is 0 Å². The highest BCUT2D eigenvalue weighted by atomic mass is 32.2. The van der Waals surface area contributed by atoms with Crippen LogP contribution in [0.5, 0.6) is 5.75 Å². The molecule has 7 nitrogen and oxygen atoms in total. The van der Waals surface area contributed by atoms with Crippen molar-refractivity contribution in [2.45, 2.75) is 11.8 Å². The number of esters is 1. The van der Waals surface area contributed by atoms with Gasteiger partial charge in [0, 0.05) is 16.1 Å². The maximum absolute atomic E-state index is 11.9. The van der Waals surface area contributed by atoms with Crippen molar-refractivity contribution in [3.8, 4) is 11.2 Å². The first kappa shape index (κ1) is 20.0. The Morgan fingerprint density at radius 3 is 2.56 bits per heavy atom. The zero-order chi connectivity index (χ0) is 19.6. The third-order valence-corrected chi connectivity index (χ3v) is 3.95. The minimum atomic E-state index is -0.692. The van der Waals surface area contributed by atoms with Gasteiger partial charge in [-0.15, -0.1) is 0 Å². The molecule has 1 amide bonds. The lowest BCUT2D eigenvalue weighted by Crippen LogP contribution is -2.24. The fraction of sp³-hybridized carbons (Fsp3) is 0.158. The molecule has 2 aromatic rings. The second-order valence-corrected chi connectivity index (χ2v) is 6.21. The van der Waals surface area contributed by atoms with Gasteiger partial charge < -0.3 is 14.8 Å². The number of carbonyl (C=O) groups excluding carboxylic acids is 3. The van der Waals surface area contributed by atoms with Crippen LogP contribution in [-0.2, 0) is 14.3 Å². The van der Waals surface area contributed by atoms with Gasteiger partial charge in [0.2, 0.25) is 0 Å². The van der Waals surface area contributed by atoms with Crippen molar-refractivity contribution < 1.29 is 23.9 Å². The average molecular weight is 384 g/mol. The molecule has 0 saturated heterocycles. The lowest BCUT2D eigenvalue weighted by atomic mass is 10.2. The number of thioether (sulfide) groups is 1. The number of aldehydes is 1. The smallest absolute Gasteiger partial charge is 0.344 e. The summed E-state index contributed by atoms with van der Waals surface area (Å²) in [5.74, 6) is -0.766. The monoisotopic (exact) mass is 384 g/mol. The van der Waals surface area contributed by atoms with Gasteiger partial charge in [-0.05, 0) is 66.7 Å². The van der Waals surface area contributed by atoms with E-state index in [2.05, 4.69) is 5.32 Å². The van der Waals surface area contributed by atoms with Crippen molar-refractivity contribution in [2.75, 3.05) is 18.5 Å². The second kappa shape index (κ2) is 9.99. The van der Waals surface area contributed by atoms with Gasteiger partial charge in [0.25, 0.3) is 5.91 Å². The van der Waals surface area contributed by atoms with Gasteiger partial charge in [-0.2, -0.15) is 5.26 Å². The number of benzene rings is 2. The zero-order valence-corrected chi connectivity index (χ0v) is 15.2. The number of nitrogens with one attached hydrogen (secondary N) is 1. The molecule has 1 N–H and O–H groups in total. The highest BCUT2D eigenvalue weighted by Gasteiger charge is 2.10. The molecule has 0 aliphatic carbocycles. The number of amides is 1. The number of thiocyanates is 1. The number of anilines is 1. The number of hydrogen-bond donors (Lipinski definition) is 1. The van der Waals surface area contributed by atoms with E-state index in [1.807, 2.05) is 5.40 Å². The molecule has 0 radical (unpaired) electrons. The number of nitrogens with zero attached hydrogens (tertiary/aromatic N) is 1. The molecule has 0 heterocycles. The van der Waals surface area contributed by atoms with Crippen molar-refractivity contribution in [2.24, 2.45) is 0 Å². The Morgan fingerprint density at radius 2 is 1.93 bits per heavy atom. The van der Waals surface area contributed by atoms with E-state index < -0.39 is 18.5 Å². The lowest BCUT2D eigenvalue weighted by Gasteiger charge is -2.10. The number of hydrogen-bond acceptors (Lipinski definition) is 7. The Kier molecular flexibility index (Phi) is 7.40. The largest absolute Gasteiger partial charge is 0.482 e. The van der Waals surface area contributed by atoms with Crippen molar-refractivity contribution in [1.29, 1.82) is 5.26 Å². The van der Waals surface area contributed by atoms with Gasteiger partial charge in [0.1, 0.15) is 17.4 Å². The van der Waals surface area contributed by atoms with E-state index in [0.29, 0.717) is 23.3 Å². The van der Waals surface area contributed by atoms with Crippen molar-refractivity contribution in [1.82, 2.24) is 0 Å². The third-order valence-electron chi connectivity index (χ3n) is 3.37. The average Bonchev–Trinajstić information content (AvgIpc) is 2.67. The maximum atomic E-state index is 11.9. The summed E-state index contributed by atoms with van der Waals surface area (Å²) in [5.41, 5.74) is 1.86. The van der Waals surface area contributed by atoms with Crippen LogP contribution < -0.4 is 10.1 Å². The third kappa shape index (κ3) is 6.49. The minimum absolute atomic E-state index is 0.354. The molecule has 0 unspecified atom stereocenters. The molecule has 0 fully saturated rings. The van der Waals surface area contributed by atoms with E-state index >= 15 is 0 Å². The summed E-state index contributed by atoms with van der Waals surface area (Å²) in [5, 5.41) is 13.3. The highest BCUT2D eigenvalue weighted by molar-refractivity contribution is 8.03. The molecule has 2 aromatic carbocycles. The molecule has 0 atom stereocenters. The van der Waals surface area contributed by atoms with Gasteiger partial charge >= 0.3 is 5.97 Å². The van der Waals surface area contributed by atoms with E-state index in [1.165, 1.54) is 0 Å². The molecule has 0 aromatic heterocycles. The van der Waals surface area contributed by atoms with Gasteiger partial charge in [-0.1, -0.05) is 0 Å². The first-order valence-corrected chi connectivity index (χ1v) is 8.63. The summed E-state index contributed by atoms with van der Waals surface area (Å²) in [4.78, 5) is 34.9. The fourth-order valence-electron chi connectivity index (χ4n) is 2.05. The van der Waals surface area contributed by atoms with Crippen molar-refractivity contribution in [3.05, 3.63) is 53.6 Å². The molecular formula is C19H16N2O5S. The summed E-state index contributed by atoms with van der Waals surface area (Å²) in [6.45, 7) is 1.00. The van der Waals surface area contributed by atoms with Crippen LogP contribution in [0.15, 0.2) is 47.4 Å². The normalized spacial score (nSPS) is 9.78. The highest BCUT2D eigenvalue weighted by Crippen LogP contribution is 2.23. The lowest BCUT2D eigenvalue weighted by molar-refractivity contribution is -0.149. The number of ether oxygens (including phenoxy) is 2. The standard InChI is InChI=1S/C19H16N2O5S/c1-13-8-16(27-12-20)6-7-17(13)21-18(23)10-26-19(24)11-25-15-4-2-14(9-22)3-5-15/h2-9H,10-11H2,1H3,(H,21,23). The predicted molar refractivity (Wildman–Crippen MR) is 99.6 cm³/mol. The first-order valence-electron chi connectivity index (χ1n) is 7.82. The summed E-state index contributed by atoms with van der Waals surface area (Å²) in [6.07, 6.45) is 0.703. The molecule has 0 aliphatic heterocycles. The van der Waals surface area contributed by atoms with E-state index in [4.69, 9.17) is 14.7 Å². The Labute approximate surface area is 160 Å². The topological polar surface area (TPSA) is 105 Å². The fourth-order valence-corrected chi connectivity index (χ4v) is 2.53. The van der Waals surface area contributed by atoms with E-state index in [9.17, 15) is 14.4 Å². The number of carbonyl (C=O) groups is 3. The SMILES string of the molecule is Cc1cc(SC#N)ccc1NC(=O)COC(=O)COc1ccc(C=O)cc1. The Morgan fingerprint density at radius 1 is 1.19 bits per heavy atom. The van der Waals surface area contributed by atoms with Crippen LogP contribution in [0.4, 0.5) is 5.69 Å². The maximum Gasteiger partial charge on any atom is 0.344 e. The van der Waals surface area contributed by atoms with Crippen LogP contribution in [0.2, 0.25) is 0 Å². The Balaban J connectivity index is 1.76. The van der Waals surface area contributed by atoms with Gasteiger partial charge in [-0.3, -0.25) is 9.59 Å². The van der Waals surface area contributed by atoms with Gasteiger partial charge in [0.05, 0.1) is 0 Å². The Bertz CT molecular complexity index is 875. The summed E-state index contributed by atoms with van der Waals surface area (Å²) in [6, 6.07) is 11.4. The van der Waals surface area contributed by atoms with Gasteiger partial charge in [-0.25, -0.2) is 4.79 Å². The van der Waals surface area contributed by atoms with E-state index in [-0.39, 0.29) is 6.61 Å². The van der Waals surface area contributed by atoms with Crippen molar-refractivity contribution in [3.63, 3.8) is 0 Å². The number of rotatable bonds is 8. The summed E-state index contributed by atoms with van der Waals surface area (Å²) in [7, 11) is 0. The molecule has 8 heteroatoms. The van der Waals surface area contributed by atoms with Crippen LogP contribution in [0, 0.1) is 17.6 Å². The molecule has 0 aliphatic rings. The number of aryl methyl sites for hydroxylation is 1. The molecule has 0 saturated carbocycles. The Hall–Kier alpha value is -3.31. The first-order chi connectivity index (χ1) is 13.0. The molecule has 138 valence electrons.